The van der Waals surface area contributed by atoms with Crippen LogP contribution in [0.25, 0.3) is 15.1 Å². The molecule has 0 fully saturated rings. The van der Waals surface area contributed by atoms with Crippen LogP contribution in [0.4, 0.5) is 0 Å². The van der Waals surface area contributed by atoms with Crippen molar-refractivity contribution in [3.05, 3.63) is 39.6 Å². The normalized spacial score (nSPS) is 10.2. The summed E-state index contributed by atoms with van der Waals surface area (Å²) in [4.78, 5) is 8.52. The second-order valence-corrected chi connectivity index (χ2v) is 4.10. The minimum Gasteiger partial charge on any atom is -0.311 e. The van der Waals surface area contributed by atoms with Crippen molar-refractivity contribution in [1.29, 1.82) is 0 Å². The first-order valence-electron chi connectivity index (χ1n) is 3.68. The highest BCUT2D eigenvalue weighted by Gasteiger charge is 2.04. The lowest BCUT2D eigenvalue weighted by Crippen LogP contribution is -1.72. The molecule has 4 heteroatoms. The molecule has 0 amide bonds. The van der Waals surface area contributed by atoms with E-state index in [4.69, 9.17) is 18.2 Å². The molecular formula is C9H5ClN2S. The maximum Gasteiger partial charge on any atom is 0.248 e. The summed E-state index contributed by atoms with van der Waals surface area (Å²) >= 11 is 7.33. The highest BCUT2D eigenvalue weighted by molar-refractivity contribution is 7.19. The summed E-state index contributed by atoms with van der Waals surface area (Å²) in [6.07, 6.45) is 0. The van der Waals surface area contributed by atoms with E-state index >= 15 is 0 Å². The van der Waals surface area contributed by atoms with Gasteiger partial charge >= 0.3 is 0 Å². The molecule has 2 nitrogen and oxygen atoms in total. The fourth-order valence-corrected chi connectivity index (χ4v) is 2.19. The number of aromatic nitrogens is 1. The van der Waals surface area contributed by atoms with E-state index in [-0.39, 0.29) is 0 Å². The number of hydrogen-bond donors (Lipinski definition) is 0. The van der Waals surface area contributed by atoms with Crippen molar-refractivity contribution in [2.75, 3.05) is 0 Å². The van der Waals surface area contributed by atoms with E-state index in [0.717, 1.165) is 15.1 Å². The summed E-state index contributed by atoms with van der Waals surface area (Å²) in [6, 6.07) is 5.62. The van der Waals surface area contributed by atoms with Crippen LogP contribution in [0.1, 0.15) is 4.88 Å². The van der Waals surface area contributed by atoms with Gasteiger partial charge in [-0.05, 0) is 18.2 Å². The van der Waals surface area contributed by atoms with E-state index in [0.29, 0.717) is 11.7 Å². The predicted octanol–water partition coefficient (Wildman–Crippen LogP) is 3.37. The Morgan fingerprint density at radius 1 is 1.54 bits per heavy atom. The fourth-order valence-electron chi connectivity index (χ4n) is 1.11. The van der Waals surface area contributed by atoms with Gasteiger partial charge in [0, 0.05) is 0 Å². The van der Waals surface area contributed by atoms with Gasteiger partial charge in [0.25, 0.3) is 0 Å². The third kappa shape index (κ3) is 1.64. The molecule has 13 heavy (non-hydrogen) atoms. The van der Waals surface area contributed by atoms with Gasteiger partial charge in [0.15, 0.2) is 0 Å². The maximum atomic E-state index is 6.74. The number of halogens is 1. The molecule has 0 aliphatic heterocycles. The Morgan fingerprint density at radius 3 is 3.15 bits per heavy atom. The first kappa shape index (κ1) is 8.49. The highest BCUT2D eigenvalue weighted by Crippen LogP contribution is 2.25. The van der Waals surface area contributed by atoms with Crippen LogP contribution in [0.3, 0.4) is 0 Å². The molecule has 0 atom stereocenters. The Labute approximate surface area is 84.6 Å². The Kier molecular flexibility index (Phi) is 2.17. The van der Waals surface area contributed by atoms with Gasteiger partial charge in [-0.1, -0.05) is 11.6 Å². The van der Waals surface area contributed by atoms with Gasteiger partial charge in [-0.3, -0.25) is 0 Å². The number of rotatable bonds is 1. The molecule has 0 aromatic carbocycles. The average Bonchev–Trinajstić information content (AvgIpc) is 2.46. The van der Waals surface area contributed by atoms with Gasteiger partial charge in [0.1, 0.15) is 5.15 Å². The first-order valence-corrected chi connectivity index (χ1v) is 4.87. The van der Waals surface area contributed by atoms with E-state index in [1.165, 1.54) is 0 Å². The lowest BCUT2D eigenvalue weighted by atomic mass is 10.4. The van der Waals surface area contributed by atoms with Crippen LogP contribution in [-0.4, -0.2) is 4.98 Å². The molecule has 0 N–H and O–H groups in total. The van der Waals surface area contributed by atoms with Crippen molar-refractivity contribution in [2.24, 2.45) is 0 Å². The topological polar surface area (TPSA) is 17.2 Å². The van der Waals surface area contributed by atoms with E-state index < -0.39 is 0 Å². The Balaban J connectivity index is 2.57. The number of pyridine rings is 1. The van der Waals surface area contributed by atoms with Crippen molar-refractivity contribution in [3.8, 4) is 0 Å². The number of nitrogens with zero attached hydrogens (tertiary/aromatic N) is 2. The zero-order chi connectivity index (χ0) is 9.26. The van der Waals surface area contributed by atoms with Gasteiger partial charge in [0.2, 0.25) is 6.54 Å². The van der Waals surface area contributed by atoms with Crippen LogP contribution in [-0.2, 0) is 6.54 Å². The lowest BCUT2D eigenvalue weighted by molar-refractivity contribution is 1.33. The van der Waals surface area contributed by atoms with Gasteiger partial charge in [-0.2, -0.15) is 0 Å². The first-order chi connectivity index (χ1) is 6.29. The standard InChI is InChI=1S/C9H5ClN2S/c1-11-5-6-4-7-8(13-6)2-3-9(10)12-7/h2-4H,5H2. The molecule has 0 unspecified atom stereocenters. The summed E-state index contributed by atoms with van der Waals surface area (Å²) in [5.74, 6) is 0. The van der Waals surface area contributed by atoms with Crippen LogP contribution in [0, 0.1) is 6.57 Å². The highest BCUT2D eigenvalue weighted by atomic mass is 35.5. The predicted molar refractivity (Wildman–Crippen MR) is 54.9 cm³/mol. The monoisotopic (exact) mass is 208 g/mol. The number of thiophene rings is 1. The molecule has 0 bridgehead atoms. The van der Waals surface area contributed by atoms with E-state index in [9.17, 15) is 0 Å². The maximum absolute atomic E-state index is 6.74. The van der Waals surface area contributed by atoms with E-state index in [2.05, 4.69) is 9.83 Å². The van der Waals surface area contributed by atoms with Crippen molar-refractivity contribution in [2.45, 2.75) is 6.54 Å². The molecular weight excluding hydrogens is 204 g/mol. The Bertz CT molecular complexity index is 484. The summed E-state index contributed by atoms with van der Waals surface area (Å²) < 4.78 is 1.09. The van der Waals surface area contributed by atoms with Crippen molar-refractivity contribution < 1.29 is 0 Å². The number of hydrogen-bond acceptors (Lipinski definition) is 2. The van der Waals surface area contributed by atoms with Gasteiger partial charge in [-0.25, -0.2) is 11.6 Å². The molecule has 0 saturated heterocycles. The summed E-state index contributed by atoms with van der Waals surface area (Å²) in [6.45, 7) is 7.17. The molecule has 2 rings (SSSR count). The molecule has 0 aliphatic rings. The number of fused-ring (bicyclic) bond motifs is 1. The quantitative estimate of drug-likeness (QED) is 0.519. The zero-order valence-corrected chi connectivity index (χ0v) is 8.19. The molecule has 0 radical (unpaired) electrons. The molecule has 2 aromatic heterocycles. The van der Waals surface area contributed by atoms with Crippen molar-refractivity contribution in [1.82, 2.24) is 4.98 Å². The summed E-state index contributed by atoms with van der Waals surface area (Å²) in [5, 5.41) is 0.500. The lowest BCUT2D eigenvalue weighted by Gasteiger charge is -1.87. The van der Waals surface area contributed by atoms with Crippen LogP contribution >= 0.6 is 22.9 Å². The van der Waals surface area contributed by atoms with Gasteiger partial charge in [0.05, 0.1) is 15.1 Å². The van der Waals surface area contributed by atoms with Gasteiger partial charge in [-0.15, -0.1) is 11.3 Å². The molecule has 2 aromatic rings. The molecule has 64 valence electrons. The van der Waals surface area contributed by atoms with E-state index in [1.807, 2.05) is 12.1 Å². The molecule has 0 spiro atoms. The molecule has 2 heterocycles. The minimum absolute atomic E-state index is 0.429. The van der Waals surface area contributed by atoms with Crippen molar-refractivity contribution >= 4 is 33.2 Å². The van der Waals surface area contributed by atoms with Crippen LogP contribution in [0.2, 0.25) is 5.15 Å². The van der Waals surface area contributed by atoms with Crippen LogP contribution in [0.15, 0.2) is 18.2 Å². The SMILES string of the molecule is [C-]#[N+]Cc1cc2nc(Cl)ccc2s1. The fraction of sp³-hybridized carbons (Fsp3) is 0.111. The Morgan fingerprint density at radius 2 is 2.38 bits per heavy atom. The largest absolute Gasteiger partial charge is 0.311 e. The minimum atomic E-state index is 0.429. The average molecular weight is 209 g/mol. The second-order valence-electron chi connectivity index (χ2n) is 2.55. The third-order valence-corrected chi connectivity index (χ3v) is 2.91. The summed E-state index contributed by atoms with van der Waals surface area (Å²) in [5.41, 5.74) is 0.885. The molecule has 0 saturated carbocycles. The molecule has 0 aliphatic carbocycles. The third-order valence-electron chi connectivity index (χ3n) is 1.63. The summed E-state index contributed by atoms with van der Waals surface area (Å²) in [7, 11) is 0. The van der Waals surface area contributed by atoms with Crippen molar-refractivity contribution in [3.63, 3.8) is 0 Å². The smallest absolute Gasteiger partial charge is 0.248 e. The van der Waals surface area contributed by atoms with Crippen LogP contribution < -0.4 is 0 Å². The second kappa shape index (κ2) is 3.33. The van der Waals surface area contributed by atoms with Crippen LogP contribution in [0.5, 0.6) is 0 Å². The van der Waals surface area contributed by atoms with Gasteiger partial charge < -0.3 is 4.85 Å². The Hall–Kier alpha value is -1.11. The van der Waals surface area contributed by atoms with E-state index in [1.54, 1.807) is 17.4 Å². The zero-order valence-electron chi connectivity index (χ0n) is 6.62.